The maximum atomic E-state index is 13.2. The van der Waals surface area contributed by atoms with Gasteiger partial charge >= 0.3 is 0 Å². The average molecular weight is 408 g/mol. The van der Waals surface area contributed by atoms with Crippen molar-refractivity contribution in [1.82, 2.24) is 10.3 Å². The largest absolute Gasteiger partial charge is 0.497 e. The number of ether oxygens (including phenoxy) is 1. The van der Waals surface area contributed by atoms with E-state index in [0.29, 0.717) is 11.3 Å². The van der Waals surface area contributed by atoms with Gasteiger partial charge in [-0.2, -0.15) is 0 Å². The number of carbonyl (C=O) groups excluding carboxylic acids is 1. The number of pyridine rings is 1. The zero-order chi connectivity index (χ0) is 20.6. The van der Waals surface area contributed by atoms with E-state index in [0.717, 1.165) is 40.6 Å². The number of aryl methyl sites for hydroxylation is 1. The number of nitrogens with one attached hydrogen (secondary N) is 1. The first-order chi connectivity index (χ1) is 14.0. The fraction of sp³-hybridized carbons (Fsp3) is 0.304. The van der Waals surface area contributed by atoms with Crippen molar-refractivity contribution in [3.63, 3.8) is 0 Å². The van der Waals surface area contributed by atoms with Crippen molar-refractivity contribution in [2.24, 2.45) is 0 Å². The molecule has 1 amide bonds. The molecule has 0 bridgehead atoms. The lowest BCUT2D eigenvalue weighted by Gasteiger charge is -2.24. The number of rotatable bonds is 6. The normalized spacial score (nSPS) is 14.5. The first-order valence-corrected chi connectivity index (χ1v) is 10.8. The Morgan fingerprint density at radius 3 is 2.72 bits per heavy atom. The minimum absolute atomic E-state index is 0.0698. The predicted octanol–water partition coefficient (Wildman–Crippen LogP) is 4.69. The molecule has 4 rings (SSSR count). The van der Waals surface area contributed by atoms with Crippen LogP contribution >= 0.6 is 11.9 Å². The van der Waals surface area contributed by atoms with E-state index in [1.807, 2.05) is 44.6 Å². The summed E-state index contributed by atoms with van der Waals surface area (Å²) in [6, 6.07) is 13.9. The SMILES string of the molecule is COc1ccc(C)c(C(=O)NC2(c3cc(N(C)SC)cc4ncccc34)CC2)c1. The van der Waals surface area contributed by atoms with Crippen molar-refractivity contribution >= 4 is 34.4 Å². The number of nitrogens with zero attached hydrogens (tertiary/aromatic N) is 2. The molecule has 6 heteroatoms. The van der Waals surface area contributed by atoms with Gasteiger partial charge in [0, 0.05) is 36.1 Å². The summed E-state index contributed by atoms with van der Waals surface area (Å²) in [5.74, 6) is 0.614. The van der Waals surface area contributed by atoms with Crippen LogP contribution in [0.3, 0.4) is 0 Å². The highest BCUT2D eigenvalue weighted by atomic mass is 32.2. The molecular formula is C23H25N3O2S. The number of hydrogen-bond donors (Lipinski definition) is 1. The molecule has 0 aliphatic heterocycles. The van der Waals surface area contributed by atoms with Gasteiger partial charge in [0.25, 0.3) is 5.91 Å². The fourth-order valence-electron chi connectivity index (χ4n) is 3.69. The van der Waals surface area contributed by atoms with E-state index < -0.39 is 0 Å². The molecule has 1 aromatic heterocycles. The molecule has 0 spiro atoms. The van der Waals surface area contributed by atoms with Gasteiger partial charge in [0.05, 0.1) is 18.2 Å². The lowest BCUT2D eigenvalue weighted by molar-refractivity contribution is 0.0930. The van der Waals surface area contributed by atoms with Gasteiger partial charge in [-0.05, 0) is 61.2 Å². The topological polar surface area (TPSA) is 54.5 Å². The van der Waals surface area contributed by atoms with E-state index in [2.05, 4.69) is 32.8 Å². The van der Waals surface area contributed by atoms with Gasteiger partial charge in [0.1, 0.15) is 5.75 Å². The van der Waals surface area contributed by atoms with Gasteiger partial charge in [0.15, 0.2) is 0 Å². The van der Waals surface area contributed by atoms with E-state index in [9.17, 15) is 4.79 Å². The highest BCUT2D eigenvalue weighted by molar-refractivity contribution is 7.99. The Hall–Kier alpha value is -2.73. The van der Waals surface area contributed by atoms with E-state index in [-0.39, 0.29) is 11.4 Å². The molecule has 29 heavy (non-hydrogen) atoms. The summed E-state index contributed by atoms with van der Waals surface area (Å²) >= 11 is 1.65. The Kier molecular flexibility index (Phi) is 5.13. The minimum Gasteiger partial charge on any atom is -0.497 e. The Bertz CT molecular complexity index is 1080. The lowest BCUT2D eigenvalue weighted by atomic mass is 9.97. The summed E-state index contributed by atoms with van der Waals surface area (Å²) in [5, 5.41) is 4.41. The number of carbonyl (C=O) groups is 1. The molecule has 150 valence electrons. The van der Waals surface area contributed by atoms with Gasteiger partial charge in [-0.3, -0.25) is 9.78 Å². The highest BCUT2D eigenvalue weighted by Crippen LogP contribution is 2.49. The fourth-order valence-corrected chi connectivity index (χ4v) is 4.01. The molecule has 1 N–H and O–H groups in total. The van der Waals surface area contributed by atoms with Crippen molar-refractivity contribution in [1.29, 1.82) is 0 Å². The van der Waals surface area contributed by atoms with E-state index in [1.54, 1.807) is 25.1 Å². The first kappa shape index (κ1) is 19.6. The third kappa shape index (κ3) is 3.65. The molecular weight excluding hydrogens is 382 g/mol. The average Bonchev–Trinajstić information content (AvgIpc) is 3.52. The van der Waals surface area contributed by atoms with Gasteiger partial charge < -0.3 is 14.4 Å². The van der Waals surface area contributed by atoms with Crippen molar-refractivity contribution in [2.45, 2.75) is 25.3 Å². The summed E-state index contributed by atoms with van der Waals surface area (Å²) in [4.78, 5) is 17.7. The second-order valence-corrected chi connectivity index (χ2v) is 8.37. The first-order valence-electron chi connectivity index (χ1n) is 9.62. The molecule has 3 aromatic rings. The number of benzene rings is 2. The van der Waals surface area contributed by atoms with Crippen LogP contribution in [0.1, 0.15) is 34.3 Å². The Balaban J connectivity index is 1.75. The second kappa shape index (κ2) is 7.59. The maximum Gasteiger partial charge on any atom is 0.252 e. The molecule has 2 aromatic carbocycles. The molecule has 0 atom stereocenters. The molecule has 1 aliphatic rings. The van der Waals surface area contributed by atoms with Crippen molar-refractivity contribution in [2.75, 3.05) is 24.7 Å². The number of aromatic nitrogens is 1. The number of fused-ring (bicyclic) bond motifs is 1. The van der Waals surface area contributed by atoms with Crippen LogP contribution in [0.2, 0.25) is 0 Å². The van der Waals surface area contributed by atoms with Gasteiger partial charge in [-0.1, -0.05) is 24.1 Å². The quantitative estimate of drug-likeness (QED) is 0.601. The predicted molar refractivity (Wildman–Crippen MR) is 120 cm³/mol. The standard InChI is InChI=1S/C23H25N3O2S/c1-15-7-8-17(28-3)14-19(15)22(27)25-23(9-10-23)20-12-16(26(2)29-4)13-21-18(20)6-5-11-24-21/h5-8,11-14H,9-10H2,1-4H3,(H,25,27). The molecule has 1 aliphatic carbocycles. The molecule has 1 saturated carbocycles. The highest BCUT2D eigenvalue weighted by Gasteiger charge is 2.47. The maximum absolute atomic E-state index is 13.2. The van der Waals surface area contributed by atoms with Crippen molar-refractivity contribution in [3.05, 3.63) is 65.4 Å². The number of anilines is 1. The van der Waals surface area contributed by atoms with Crippen molar-refractivity contribution in [3.8, 4) is 5.75 Å². The molecule has 0 unspecified atom stereocenters. The van der Waals surface area contributed by atoms with Crippen LogP contribution in [0.25, 0.3) is 10.9 Å². The molecule has 1 fully saturated rings. The van der Waals surface area contributed by atoms with Gasteiger partial charge in [-0.15, -0.1) is 0 Å². The Labute approximate surface area is 175 Å². The van der Waals surface area contributed by atoms with Crippen molar-refractivity contribution < 1.29 is 9.53 Å². The smallest absolute Gasteiger partial charge is 0.252 e. The molecule has 1 heterocycles. The summed E-state index contributed by atoms with van der Waals surface area (Å²) < 4.78 is 7.42. The molecule has 0 radical (unpaired) electrons. The number of methoxy groups -OCH3 is 1. The molecule has 0 saturated heterocycles. The van der Waals surface area contributed by atoms with Crippen LogP contribution in [0.4, 0.5) is 5.69 Å². The van der Waals surface area contributed by atoms with Crippen LogP contribution in [0, 0.1) is 6.92 Å². The lowest BCUT2D eigenvalue weighted by Crippen LogP contribution is -2.35. The summed E-state index contributed by atoms with van der Waals surface area (Å²) in [5.41, 5.74) is 4.38. The third-order valence-electron chi connectivity index (χ3n) is 5.65. The van der Waals surface area contributed by atoms with E-state index in [1.165, 1.54) is 0 Å². The Morgan fingerprint density at radius 2 is 2.03 bits per heavy atom. The zero-order valence-electron chi connectivity index (χ0n) is 17.2. The summed E-state index contributed by atoms with van der Waals surface area (Å²) in [6.45, 7) is 1.95. The second-order valence-electron chi connectivity index (χ2n) is 7.46. The van der Waals surface area contributed by atoms with Crippen LogP contribution in [-0.2, 0) is 5.54 Å². The Morgan fingerprint density at radius 1 is 1.24 bits per heavy atom. The zero-order valence-corrected chi connectivity index (χ0v) is 18.0. The van der Waals surface area contributed by atoms with Crippen LogP contribution in [-0.4, -0.2) is 31.3 Å². The van der Waals surface area contributed by atoms with E-state index in [4.69, 9.17) is 4.74 Å². The van der Waals surface area contributed by atoms with Gasteiger partial charge in [0.2, 0.25) is 0 Å². The van der Waals surface area contributed by atoms with Gasteiger partial charge in [-0.25, -0.2) is 0 Å². The number of hydrogen-bond acceptors (Lipinski definition) is 5. The number of amides is 1. The van der Waals surface area contributed by atoms with Crippen LogP contribution < -0.4 is 14.4 Å². The van der Waals surface area contributed by atoms with E-state index >= 15 is 0 Å². The van der Waals surface area contributed by atoms with Crippen LogP contribution in [0.15, 0.2) is 48.7 Å². The summed E-state index contributed by atoms with van der Waals surface area (Å²) in [6.07, 6.45) is 5.69. The summed E-state index contributed by atoms with van der Waals surface area (Å²) in [7, 11) is 3.65. The monoisotopic (exact) mass is 407 g/mol. The third-order valence-corrected chi connectivity index (χ3v) is 6.41. The molecule has 5 nitrogen and oxygen atoms in total. The van der Waals surface area contributed by atoms with Crippen LogP contribution in [0.5, 0.6) is 5.75 Å². The minimum atomic E-state index is -0.358.